The van der Waals surface area contributed by atoms with Crippen molar-refractivity contribution in [3.63, 3.8) is 0 Å². The van der Waals surface area contributed by atoms with E-state index in [2.05, 4.69) is 27.7 Å². The zero-order valence-electron chi connectivity index (χ0n) is 20.6. The molecule has 0 aliphatic heterocycles. The van der Waals surface area contributed by atoms with E-state index in [4.69, 9.17) is 4.74 Å². The molecule has 3 aliphatic carbocycles. The zero-order valence-corrected chi connectivity index (χ0v) is 20.6. The molecule has 0 aromatic carbocycles. The Morgan fingerprint density at radius 2 is 1.33 bits per heavy atom. The molecule has 0 saturated heterocycles. The highest BCUT2D eigenvalue weighted by atomic mass is 19.1. The molecule has 3 fully saturated rings. The molecule has 0 heterocycles. The van der Waals surface area contributed by atoms with Crippen molar-refractivity contribution in [2.45, 2.75) is 142 Å². The first-order valence-corrected chi connectivity index (χ1v) is 13.8. The third-order valence-electron chi connectivity index (χ3n) is 9.18. The average molecular weight is 423 g/mol. The standard InChI is InChI=1S/C28H51FO/c1-5-6-7-8-9-22(4)30-28-21(3)18-26(19-27(28)29)25-16-14-24(15-17-25)23-12-10-20(2)11-13-23/h20-28H,5-19H2,1-4H3. The van der Waals surface area contributed by atoms with Crippen LogP contribution in [0.5, 0.6) is 0 Å². The van der Waals surface area contributed by atoms with Crippen LogP contribution in [0, 0.1) is 35.5 Å². The van der Waals surface area contributed by atoms with Crippen molar-refractivity contribution in [1.29, 1.82) is 0 Å². The molecule has 1 nitrogen and oxygen atoms in total. The molecule has 5 atom stereocenters. The van der Waals surface area contributed by atoms with Crippen LogP contribution in [0.2, 0.25) is 0 Å². The number of halogens is 1. The molecule has 2 heteroatoms. The van der Waals surface area contributed by atoms with Crippen molar-refractivity contribution in [2.75, 3.05) is 0 Å². The second-order valence-corrected chi connectivity index (χ2v) is 11.7. The summed E-state index contributed by atoms with van der Waals surface area (Å²) in [7, 11) is 0. The molecule has 0 spiro atoms. The van der Waals surface area contributed by atoms with Gasteiger partial charge in [0.15, 0.2) is 0 Å². The molecule has 0 bridgehead atoms. The Morgan fingerprint density at radius 3 is 1.90 bits per heavy atom. The van der Waals surface area contributed by atoms with E-state index in [1.807, 2.05) is 0 Å². The van der Waals surface area contributed by atoms with Gasteiger partial charge >= 0.3 is 0 Å². The summed E-state index contributed by atoms with van der Waals surface area (Å²) in [5.41, 5.74) is 0. The summed E-state index contributed by atoms with van der Waals surface area (Å²) in [5, 5.41) is 0. The van der Waals surface area contributed by atoms with Gasteiger partial charge < -0.3 is 4.74 Å². The molecule has 0 N–H and O–H groups in total. The zero-order chi connectivity index (χ0) is 21.5. The van der Waals surface area contributed by atoms with Gasteiger partial charge in [0.25, 0.3) is 0 Å². The number of rotatable bonds is 9. The Bertz CT molecular complexity index is 451. The van der Waals surface area contributed by atoms with E-state index in [1.165, 1.54) is 83.5 Å². The minimum absolute atomic E-state index is 0.164. The smallest absolute Gasteiger partial charge is 0.127 e. The van der Waals surface area contributed by atoms with Gasteiger partial charge in [-0.3, -0.25) is 0 Å². The minimum atomic E-state index is -0.755. The van der Waals surface area contributed by atoms with Crippen LogP contribution in [0.15, 0.2) is 0 Å². The highest BCUT2D eigenvalue weighted by Gasteiger charge is 2.41. The Hall–Kier alpha value is -0.110. The highest BCUT2D eigenvalue weighted by Crippen LogP contribution is 2.47. The highest BCUT2D eigenvalue weighted by molar-refractivity contribution is 4.91. The van der Waals surface area contributed by atoms with Gasteiger partial charge in [0.2, 0.25) is 0 Å². The van der Waals surface area contributed by atoms with Gasteiger partial charge in [0.1, 0.15) is 6.17 Å². The van der Waals surface area contributed by atoms with Crippen LogP contribution >= 0.6 is 0 Å². The van der Waals surface area contributed by atoms with Gasteiger partial charge in [0, 0.05) is 0 Å². The third-order valence-corrected chi connectivity index (χ3v) is 9.18. The van der Waals surface area contributed by atoms with Gasteiger partial charge in [-0.15, -0.1) is 0 Å². The summed E-state index contributed by atoms with van der Waals surface area (Å²) in [6.07, 6.45) is 18.8. The monoisotopic (exact) mass is 422 g/mol. The second kappa shape index (κ2) is 12.2. The maximum Gasteiger partial charge on any atom is 0.127 e. The van der Waals surface area contributed by atoms with Crippen molar-refractivity contribution in [2.24, 2.45) is 35.5 Å². The fraction of sp³-hybridized carbons (Fsp3) is 1.00. The van der Waals surface area contributed by atoms with Gasteiger partial charge in [-0.25, -0.2) is 4.39 Å². The summed E-state index contributed by atoms with van der Waals surface area (Å²) in [5.74, 6) is 4.67. The van der Waals surface area contributed by atoms with Crippen LogP contribution in [0.3, 0.4) is 0 Å². The lowest BCUT2D eigenvalue weighted by atomic mass is 9.64. The fourth-order valence-electron chi connectivity index (χ4n) is 7.13. The second-order valence-electron chi connectivity index (χ2n) is 11.7. The number of unbranched alkanes of at least 4 members (excludes halogenated alkanes) is 3. The molecule has 3 aliphatic rings. The maximum atomic E-state index is 15.2. The molecule has 5 unspecified atom stereocenters. The van der Waals surface area contributed by atoms with E-state index in [-0.39, 0.29) is 12.2 Å². The quantitative estimate of drug-likeness (QED) is 0.337. The van der Waals surface area contributed by atoms with Crippen LogP contribution in [-0.4, -0.2) is 18.4 Å². The van der Waals surface area contributed by atoms with E-state index < -0.39 is 6.17 Å². The average Bonchev–Trinajstić information content (AvgIpc) is 2.74. The SMILES string of the molecule is CCCCCCC(C)OC1C(C)CC(C2CCC(C3CCC(C)CC3)CC2)CC1F. The van der Waals surface area contributed by atoms with Crippen molar-refractivity contribution in [1.82, 2.24) is 0 Å². The Morgan fingerprint density at radius 1 is 0.767 bits per heavy atom. The van der Waals surface area contributed by atoms with Crippen LogP contribution in [0.25, 0.3) is 0 Å². The summed E-state index contributed by atoms with van der Waals surface area (Å²) >= 11 is 0. The molecule has 176 valence electrons. The largest absolute Gasteiger partial charge is 0.372 e. The summed E-state index contributed by atoms with van der Waals surface area (Å²) in [6, 6.07) is 0. The molecular weight excluding hydrogens is 371 g/mol. The Labute approximate surface area is 187 Å². The van der Waals surface area contributed by atoms with E-state index in [0.717, 1.165) is 36.5 Å². The predicted octanol–water partition coefficient (Wildman–Crippen LogP) is 8.75. The summed E-state index contributed by atoms with van der Waals surface area (Å²) in [4.78, 5) is 0. The third kappa shape index (κ3) is 6.94. The molecule has 30 heavy (non-hydrogen) atoms. The summed E-state index contributed by atoms with van der Waals surface area (Å²) in [6.45, 7) is 9.08. The normalized spacial score (nSPS) is 41.5. The molecule has 3 saturated carbocycles. The number of hydrogen-bond acceptors (Lipinski definition) is 1. The number of alkyl halides is 1. The lowest BCUT2D eigenvalue weighted by Crippen LogP contribution is -2.43. The maximum absolute atomic E-state index is 15.2. The Kier molecular flexibility index (Phi) is 9.99. The number of ether oxygens (including phenoxy) is 1. The van der Waals surface area contributed by atoms with Gasteiger partial charge in [0.05, 0.1) is 12.2 Å². The van der Waals surface area contributed by atoms with Crippen molar-refractivity contribution < 1.29 is 9.13 Å². The molecular formula is C28H51FO. The van der Waals surface area contributed by atoms with Crippen molar-refractivity contribution in [3.05, 3.63) is 0 Å². The van der Waals surface area contributed by atoms with Gasteiger partial charge in [-0.05, 0) is 100 Å². The van der Waals surface area contributed by atoms with Crippen LogP contribution in [-0.2, 0) is 4.74 Å². The molecule has 0 aromatic rings. The molecule has 0 aromatic heterocycles. The molecule has 3 rings (SSSR count). The van der Waals surface area contributed by atoms with E-state index in [9.17, 15) is 0 Å². The van der Waals surface area contributed by atoms with Crippen LogP contribution in [0.4, 0.5) is 4.39 Å². The Balaban J connectivity index is 1.40. The molecule has 0 radical (unpaired) electrons. The van der Waals surface area contributed by atoms with Gasteiger partial charge in [-0.2, -0.15) is 0 Å². The van der Waals surface area contributed by atoms with E-state index >= 15 is 4.39 Å². The topological polar surface area (TPSA) is 9.23 Å². The first-order chi connectivity index (χ1) is 14.5. The van der Waals surface area contributed by atoms with Crippen molar-refractivity contribution in [3.8, 4) is 0 Å². The first-order valence-electron chi connectivity index (χ1n) is 13.8. The number of hydrogen-bond donors (Lipinski definition) is 0. The summed E-state index contributed by atoms with van der Waals surface area (Å²) < 4.78 is 21.4. The van der Waals surface area contributed by atoms with Crippen molar-refractivity contribution >= 4 is 0 Å². The first kappa shape index (κ1) is 24.5. The molecule has 0 amide bonds. The van der Waals surface area contributed by atoms with Crippen LogP contribution in [0.1, 0.15) is 124 Å². The lowest BCUT2D eigenvalue weighted by Gasteiger charge is -2.44. The van der Waals surface area contributed by atoms with E-state index in [0.29, 0.717) is 11.8 Å². The van der Waals surface area contributed by atoms with Crippen LogP contribution < -0.4 is 0 Å². The lowest BCUT2D eigenvalue weighted by molar-refractivity contribution is -0.107. The van der Waals surface area contributed by atoms with Gasteiger partial charge in [-0.1, -0.05) is 59.3 Å². The predicted molar refractivity (Wildman–Crippen MR) is 126 cm³/mol. The van der Waals surface area contributed by atoms with E-state index in [1.54, 1.807) is 0 Å². The minimum Gasteiger partial charge on any atom is -0.372 e. The fourth-order valence-corrected chi connectivity index (χ4v) is 7.13.